The summed E-state index contributed by atoms with van der Waals surface area (Å²) in [6.07, 6.45) is 7.30. The molecule has 2 saturated heterocycles. The van der Waals surface area contributed by atoms with Gasteiger partial charge in [0.05, 0.1) is 11.6 Å². The van der Waals surface area contributed by atoms with Gasteiger partial charge >= 0.3 is 0 Å². The predicted molar refractivity (Wildman–Crippen MR) is 100 cm³/mol. The highest BCUT2D eigenvalue weighted by molar-refractivity contribution is 5.95. The van der Waals surface area contributed by atoms with Gasteiger partial charge in [-0.05, 0) is 52.2 Å². The molecule has 140 valence electrons. The fourth-order valence-corrected chi connectivity index (χ4v) is 3.86. The van der Waals surface area contributed by atoms with Gasteiger partial charge in [0.1, 0.15) is 5.82 Å². The number of fused-ring (bicyclic) bond motifs is 1. The lowest BCUT2D eigenvalue weighted by Gasteiger charge is -2.30. The summed E-state index contributed by atoms with van der Waals surface area (Å²) in [5.41, 5.74) is 0.717. The summed E-state index contributed by atoms with van der Waals surface area (Å²) in [5.74, 6) is 0.915. The molecule has 2 fully saturated rings. The van der Waals surface area contributed by atoms with E-state index in [2.05, 4.69) is 37.2 Å². The molecule has 4 heterocycles. The lowest BCUT2D eigenvalue weighted by atomic mass is 10.1. The summed E-state index contributed by atoms with van der Waals surface area (Å²) < 4.78 is 1.72. The van der Waals surface area contributed by atoms with Crippen molar-refractivity contribution in [1.29, 1.82) is 0 Å². The fourth-order valence-electron chi connectivity index (χ4n) is 3.86. The van der Waals surface area contributed by atoms with Gasteiger partial charge in [0.15, 0.2) is 5.65 Å². The number of amides is 1. The number of carbonyl (C=O) groups excluding carboxylic acids is 1. The zero-order valence-electron chi connectivity index (χ0n) is 15.6. The summed E-state index contributed by atoms with van der Waals surface area (Å²) in [7, 11) is 3.97. The van der Waals surface area contributed by atoms with E-state index in [9.17, 15) is 4.79 Å². The van der Waals surface area contributed by atoms with Crippen molar-refractivity contribution in [3.05, 3.63) is 12.0 Å². The molecule has 0 aliphatic carbocycles. The van der Waals surface area contributed by atoms with Gasteiger partial charge in [-0.15, -0.1) is 0 Å². The van der Waals surface area contributed by atoms with Crippen LogP contribution in [0.25, 0.3) is 11.0 Å². The molecule has 0 unspecified atom stereocenters. The molecule has 4 rings (SSSR count). The van der Waals surface area contributed by atoms with Crippen LogP contribution in [0, 0.1) is 0 Å². The van der Waals surface area contributed by atoms with E-state index in [-0.39, 0.29) is 17.8 Å². The van der Waals surface area contributed by atoms with E-state index in [4.69, 9.17) is 0 Å². The Balaban J connectivity index is 1.62. The molecular formula is C18H27N7O. The van der Waals surface area contributed by atoms with E-state index in [1.54, 1.807) is 10.9 Å². The first-order valence-corrected chi connectivity index (χ1v) is 9.56. The Morgan fingerprint density at radius 2 is 1.81 bits per heavy atom. The molecule has 2 aromatic rings. The lowest BCUT2D eigenvalue weighted by Crippen LogP contribution is -2.44. The van der Waals surface area contributed by atoms with Gasteiger partial charge in [-0.2, -0.15) is 5.10 Å². The number of nitrogens with zero attached hydrogens (tertiary/aromatic N) is 6. The molecule has 8 nitrogen and oxygen atoms in total. The second kappa shape index (κ2) is 7.19. The SMILES string of the molecule is CN1CCC(NC(=O)c2nc(N3CCCCC3)c3cnn(C)c3n2)CC1. The maximum absolute atomic E-state index is 12.8. The van der Waals surface area contributed by atoms with Crippen molar-refractivity contribution in [2.24, 2.45) is 7.05 Å². The first-order chi connectivity index (χ1) is 12.6. The Hall–Kier alpha value is -2.22. The smallest absolute Gasteiger partial charge is 0.289 e. The van der Waals surface area contributed by atoms with Crippen LogP contribution in [0.4, 0.5) is 5.82 Å². The van der Waals surface area contributed by atoms with Crippen LogP contribution in [0.2, 0.25) is 0 Å². The largest absolute Gasteiger partial charge is 0.356 e. The predicted octanol–water partition coefficient (Wildman–Crippen LogP) is 1.18. The van der Waals surface area contributed by atoms with Crippen LogP contribution in [0.1, 0.15) is 42.7 Å². The molecule has 1 N–H and O–H groups in total. The summed E-state index contributed by atoms with van der Waals surface area (Å²) in [6.45, 7) is 3.95. The molecule has 0 radical (unpaired) electrons. The number of nitrogens with one attached hydrogen (secondary N) is 1. The first-order valence-electron chi connectivity index (χ1n) is 9.56. The Morgan fingerprint density at radius 1 is 1.08 bits per heavy atom. The third-order valence-corrected chi connectivity index (χ3v) is 5.48. The van der Waals surface area contributed by atoms with Crippen molar-refractivity contribution in [2.45, 2.75) is 38.1 Å². The van der Waals surface area contributed by atoms with E-state index < -0.39 is 0 Å². The van der Waals surface area contributed by atoms with Gasteiger partial charge in [-0.1, -0.05) is 0 Å². The zero-order valence-corrected chi connectivity index (χ0v) is 15.6. The lowest BCUT2D eigenvalue weighted by molar-refractivity contribution is 0.0906. The number of rotatable bonds is 3. The van der Waals surface area contributed by atoms with Crippen LogP contribution in [0.3, 0.4) is 0 Å². The molecule has 2 aromatic heterocycles. The average Bonchev–Trinajstić information content (AvgIpc) is 3.04. The van der Waals surface area contributed by atoms with Gasteiger partial charge in [-0.3, -0.25) is 9.48 Å². The number of carbonyl (C=O) groups is 1. The maximum Gasteiger partial charge on any atom is 0.289 e. The number of anilines is 1. The second-order valence-electron chi connectivity index (χ2n) is 7.47. The van der Waals surface area contributed by atoms with E-state index in [1.165, 1.54) is 6.42 Å². The molecule has 0 atom stereocenters. The fraction of sp³-hybridized carbons (Fsp3) is 0.667. The van der Waals surface area contributed by atoms with Crippen LogP contribution in [0.15, 0.2) is 6.20 Å². The monoisotopic (exact) mass is 357 g/mol. The summed E-state index contributed by atoms with van der Waals surface area (Å²) in [6, 6.07) is 0.197. The Labute approximate surface area is 153 Å². The van der Waals surface area contributed by atoms with Gasteiger partial charge in [0.25, 0.3) is 5.91 Å². The van der Waals surface area contributed by atoms with E-state index >= 15 is 0 Å². The van der Waals surface area contributed by atoms with Crippen LogP contribution in [-0.2, 0) is 7.05 Å². The number of hydrogen-bond donors (Lipinski definition) is 1. The minimum Gasteiger partial charge on any atom is -0.356 e. The third kappa shape index (κ3) is 3.38. The van der Waals surface area contributed by atoms with E-state index in [1.807, 2.05) is 7.05 Å². The quantitative estimate of drug-likeness (QED) is 0.889. The molecule has 0 spiro atoms. The third-order valence-electron chi connectivity index (χ3n) is 5.48. The summed E-state index contributed by atoms with van der Waals surface area (Å²) >= 11 is 0. The Morgan fingerprint density at radius 3 is 2.54 bits per heavy atom. The summed E-state index contributed by atoms with van der Waals surface area (Å²) in [4.78, 5) is 26.5. The van der Waals surface area contributed by atoms with Crippen molar-refractivity contribution in [3.63, 3.8) is 0 Å². The molecule has 2 aliphatic rings. The van der Waals surface area contributed by atoms with Crippen LogP contribution in [-0.4, -0.2) is 69.8 Å². The topological polar surface area (TPSA) is 79.2 Å². The zero-order chi connectivity index (χ0) is 18.1. The molecule has 8 heteroatoms. The highest BCUT2D eigenvalue weighted by Gasteiger charge is 2.24. The van der Waals surface area contributed by atoms with Crippen molar-refractivity contribution >= 4 is 22.8 Å². The van der Waals surface area contributed by atoms with Gasteiger partial charge in [0.2, 0.25) is 5.82 Å². The van der Waals surface area contributed by atoms with Crippen LogP contribution < -0.4 is 10.2 Å². The molecule has 1 amide bonds. The van der Waals surface area contributed by atoms with Crippen LogP contribution >= 0.6 is 0 Å². The number of aryl methyl sites for hydroxylation is 1. The number of aromatic nitrogens is 4. The van der Waals surface area contributed by atoms with Crippen molar-refractivity contribution in [2.75, 3.05) is 38.1 Å². The number of likely N-dealkylation sites (tertiary alicyclic amines) is 1. The second-order valence-corrected chi connectivity index (χ2v) is 7.47. The van der Waals surface area contributed by atoms with Crippen molar-refractivity contribution in [3.8, 4) is 0 Å². The average molecular weight is 357 g/mol. The normalized spacial score (nSPS) is 19.8. The Bertz CT molecular complexity index is 788. The molecule has 26 heavy (non-hydrogen) atoms. The van der Waals surface area contributed by atoms with Gasteiger partial charge in [-0.25, -0.2) is 9.97 Å². The number of hydrogen-bond acceptors (Lipinski definition) is 6. The van der Waals surface area contributed by atoms with E-state index in [0.29, 0.717) is 5.65 Å². The van der Waals surface area contributed by atoms with E-state index in [0.717, 1.165) is 63.1 Å². The minimum atomic E-state index is -0.180. The molecule has 0 aromatic carbocycles. The summed E-state index contributed by atoms with van der Waals surface area (Å²) in [5, 5.41) is 8.37. The van der Waals surface area contributed by atoms with Crippen LogP contribution in [0.5, 0.6) is 0 Å². The van der Waals surface area contributed by atoms with Crippen molar-refractivity contribution < 1.29 is 4.79 Å². The number of piperidine rings is 2. The first kappa shape index (κ1) is 17.2. The van der Waals surface area contributed by atoms with Gasteiger partial charge < -0.3 is 15.1 Å². The highest BCUT2D eigenvalue weighted by Crippen LogP contribution is 2.26. The molecule has 0 bridgehead atoms. The molecular weight excluding hydrogens is 330 g/mol. The molecule has 2 aliphatic heterocycles. The highest BCUT2D eigenvalue weighted by atomic mass is 16.2. The minimum absolute atomic E-state index is 0.180. The maximum atomic E-state index is 12.8. The standard InChI is InChI=1S/C18H27N7O/c1-23-10-6-13(7-11-23)20-18(26)15-21-16-14(12-19-24(16)2)17(22-15)25-8-4-3-5-9-25/h12-13H,3-11H2,1-2H3,(H,20,26). The van der Waals surface area contributed by atoms with Crippen molar-refractivity contribution in [1.82, 2.24) is 30.0 Å². The Kier molecular flexibility index (Phi) is 4.76. The van der Waals surface area contributed by atoms with Gasteiger partial charge in [0, 0.05) is 26.2 Å². The molecule has 0 saturated carbocycles.